The van der Waals surface area contributed by atoms with Gasteiger partial charge in [-0.2, -0.15) is 5.10 Å². The Morgan fingerprint density at radius 3 is 2.54 bits per heavy atom. The van der Waals surface area contributed by atoms with Crippen LogP contribution < -0.4 is 5.73 Å². The topological polar surface area (TPSA) is 94.9 Å². The zero-order valence-corrected chi connectivity index (χ0v) is 17.3. The molecule has 0 saturated carbocycles. The van der Waals surface area contributed by atoms with Crippen molar-refractivity contribution in [3.8, 4) is 0 Å². The van der Waals surface area contributed by atoms with Gasteiger partial charge < -0.3 is 20.0 Å². The highest BCUT2D eigenvalue weighted by atomic mass is 28.4. The number of aromatic nitrogens is 3. The van der Waals surface area contributed by atoms with Gasteiger partial charge in [0.05, 0.1) is 12.2 Å². The van der Waals surface area contributed by atoms with Gasteiger partial charge in [0, 0.05) is 5.92 Å². The number of nitrogen functional groups attached to an aromatic ring is 1. The molecule has 1 unspecified atom stereocenters. The number of aliphatic hydroxyl groups is 1. The van der Waals surface area contributed by atoms with Crippen molar-refractivity contribution < 1.29 is 14.3 Å². The molecule has 2 aromatic heterocycles. The quantitative estimate of drug-likeness (QED) is 0.751. The van der Waals surface area contributed by atoms with Crippen LogP contribution in [0, 0.1) is 5.92 Å². The molecule has 7 nitrogen and oxygen atoms in total. The number of fused-ring (bicyclic) bond motifs is 1. The molecule has 0 radical (unpaired) electrons. The Hall–Kier alpha value is -1.48. The van der Waals surface area contributed by atoms with E-state index in [-0.39, 0.29) is 18.1 Å². The minimum atomic E-state index is -1.82. The summed E-state index contributed by atoms with van der Waals surface area (Å²) in [5.74, 6) is -1.34. The summed E-state index contributed by atoms with van der Waals surface area (Å²) < 4.78 is 14.4. The minimum Gasteiger partial charge on any atom is -0.411 e. The average molecular weight is 379 g/mol. The van der Waals surface area contributed by atoms with Gasteiger partial charge >= 0.3 is 0 Å². The summed E-state index contributed by atoms with van der Waals surface area (Å²) in [6.45, 7) is 10.6. The molecular weight excluding hydrogens is 348 g/mol. The Kier molecular flexibility index (Phi) is 5.13. The van der Waals surface area contributed by atoms with Gasteiger partial charge in [-0.3, -0.25) is 0 Å². The molecule has 0 spiro atoms. The third-order valence-corrected chi connectivity index (χ3v) is 10.7. The van der Waals surface area contributed by atoms with E-state index in [1.165, 1.54) is 6.33 Å². The van der Waals surface area contributed by atoms with E-state index in [0.29, 0.717) is 17.0 Å². The van der Waals surface area contributed by atoms with Crippen molar-refractivity contribution in [2.45, 2.75) is 70.7 Å². The number of ether oxygens (including phenoxy) is 1. The van der Waals surface area contributed by atoms with Crippen LogP contribution >= 0.6 is 0 Å². The first-order chi connectivity index (χ1) is 12.3. The molecule has 26 heavy (non-hydrogen) atoms. The SMILES string of the molecule is CC[Si](CC)(CC)O[C@@H]1[C@@H](C)OC(O)(c2ccc3c(N)ncnn23)[C@H]1C. The summed E-state index contributed by atoms with van der Waals surface area (Å²) in [5, 5.41) is 15.7. The molecule has 3 heterocycles. The third kappa shape index (κ3) is 2.85. The number of nitrogens with zero attached hydrogens (tertiary/aromatic N) is 3. The Labute approximate surface area is 155 Å². The maximum absolute atomic E-state index is 11.5. The van der Waals surface area contributed by atoms with Crippen molar-refractivity contribution in [3.63, 3.8) is 0 Å². The lowest BCUT2D eigenvalue weighted by Gasteiger charge is -2.35. The van der Waals surface area contributed by atoms with E-state index in [1.807, 2.05) is 13.8 Å². The van der Waals surface area contributed by atoms with Crippen LogP contribution in [0.25, 0.3) is 5.52 Å². The number of hydrogen-bond donors (Lipinski definition) is 2. The summed E-state index contributed by atoms with van der Waals surface area (Å²) in [7, 11) is -1.82. The minimum absolute atomic E-state index is 0.156. The van der Waals surface area contributed by atoms with Gasteiger partial charge in [-0.25, -0.2) is 9.50 Å². The second-order valence-corrected chi connectivity index (χ2v) is 12.0. The molecule has 4 atom stereocenters. The van der Waals surface area contributed by atoms with Crippen molar-refractivity contribution in [1.82, 2.24) is 14.6 Å². The molecule has 0 aromatic carbocycles. The third-order valence-electron chi connectivity index (χ3n) is 6.11. The zero-order valence-electron chi connectivity index (χ0n) is 16.3. The van der Waals surface area contributed by atoms with Crippen LogP contribution in [0.1, 0.15) is 40.3 Å². The van der Waals surface area contributed by atoms with Gasteiger partial charge in [-0.05, 0) is 37.2 Å². The lowest BCUT2D eigenvalue weighted by Crippen LogP contribution is -2.45. The summed E-state index contributed by atoms with van der Waals surface area (Å²) in [4.78, 5) is 4.00. The highest BCUT2D eigenvalue weighted by molar-refractivity contribution is 6.73. The van der Waals surface area contributed by atoms with E-state index in [4.69, 9.17) is 14.9 Å². The molecule has 0 amide bonds. The molecule has 8 heteroatoms. The van der Waals surface area contributed by atoms with Crippen LogP contribution in [0.4, 0.5) is 5.82 Å². The van der Waals surface area contributed by atoms with E-state index in [9.17, 15) is 5.11 Å². The van der Waals surface area contributed by atoms with Crippen molar-refractivity contribution in [2.75, 3.05) is 5.73 Å². The predicted octanol–water partition coefficient (Wildman–Crippen LogP) is 2.90. The normalized spacial score (nSPS) is 29.5. The smallest absolute Gasteiger partial charge is 0.215 e. The Morgan fingerprint density at radius 1 is 1.27 bits per heavy atom. The van der Waals surface area contributed by atoms with E-state index >= 15 is 0 Å². The van der Waals surface area contributed by atoms with Crippen LogP contribution in [-0.4, -0.2) is 40.2 Å². The van der Waals surface area contributed by atoms with Crippen LogP contribution in [0.15, 0.2) is 18.5 Å². The van der Waals surface area contributed by atoms with Crippen molar-refractivity contribution >= 4 is 19.7 Å². The average Bonchev–Trinajstić information content (AvgIpc) is 3.16. The molecule has 0 aliphatic carbocycles. The molecule has 3 N–H and O–H groups in total. The summed E-state index contributed by atoms with van der Waals surface area (Å²) >= 11 is 0. The van der Waals surface area contributed by atoms with Crippen LogP contribution in [0.3, 0.4) is 0 Å². The maximum atomic E-state index is 11.5. The first-order valence-electron chi connectivity index (χ1n) is 9.48. The van der Waals surface area contributed by atoms with Gasteiger partial charge in [-0.1, -0.05) is 27.7 Å². The van der Waals surface area contributed by atoms with Crippen molar-refractivity contribution in [1.29, 1.82) is 0 Å². The highest BCUT2D eigenvalue weighted by Crippen LogP contribution is 2.45. The Bertz CT molecular complexity index is 771. The summed E-state index contributed by atoms with van der Waals surface area (Å²) in [6.07, 6.45) is 1.02. The molecule has 1 aliphatic heterocycles. The molecular formula is C18H30N4O3Si. The molecule has 1 fully saturated rings. The van der Waals surface area contributed by atoms with Gasteiger partial charge in [-0.15, -0.1) is 0 Å². The monoisotopic (exact) mass is 378 g/mol. The summed E-state index contributed by atoms with van der Waals surface area (Å²) in [6, 6.07) is 6.79. The maximum Gasteiger partial charge on any atom is 0.215 e. The molecule has 144 valence electrons. The fraction of sp³-hybridized carbons (Fsp3) is 0.667. The van der Waals surface area contributed by atoms with Gasteiger partial charge in [0.15, 0.2) is 14.1 Å². The van der Waals surface area contributed by atoms with Gasteiger partial charge in [0.25, 0.3) is 0 Å². The molecule has 0 bridgehead atoms. The largest absolute Gasteiger partial charge is 0.411 e. The van der Waals surface area contributed by atoms with E-state index < -0.39 is 14.1 Å². The second kappa shape index (κ2) is 6.92. The van der Waals surface area contributed by atoms with Gasteiger partial charge in [0.2, 0.25) is 5.79 Å². The fourth-order valence-electron chi connectivity index (χ4n) is 4.09. The number of rotatable bonds is 6. The Balaban J connectivity index is 1.97. The lowest BCUT2D eigenvalue weighted by atomic mass is 9.93. The Morgan fingerprint density at radius 2 is 1.92 bits per heavy atom. The number of hydrogen-bond acceptors (Lipinski definition) is 6. The van der Waals surface area contributed by atoms with Crippen LogP contribution in [0.5, 0.6) is 0 Å². The summed E-state index contributed by atoms with van der Waals surface area (Å²) in [5.41, 5.74) is 7.14. The molecule has 3 rings (SSSR count). The van der Waals surface area contributed by atoms with Crippen LogP contribution in [0.2, 0.25) is 18.1 Å². The second-order valence-electron chi connectivity index (χ2n) is 7.30. The van der Waals surface area contributed by atoms with E-state index in [1.54, 1.807) is 16.6 Å². The van der Waals surface area contributed by atoms with Gasteiger partial charge in [0.1, 0.15) is 17.5 Å². The molecule has 1 aliphatic rings. The first kappa shape index (κ1) is 19.3. The molecule has 1 saturated heterocycles. The predicted molar refractivity (Wildman–Crippen MR) is 103 cm³/mol. The number of anilines is 1. The first-order valence-corrected chi connectivity index (χ1v) is 12.0. The van der Waals surface area contributed by atoms with Crippen LogP contribution in [-0.2, 0) is 14.9 Å². The van der Waals surface area contributed by atoms with Crippen molar-refractivity contribution in [2.24, 2.45) is 5.92 Å². The zero-order chi connectivity index (χ0) is 19.1. The van der Waals surface area contributed by atoms with Crippen molar-refractivity contribution in [3.05, 3.63) is 24.2 Å². The fourth-order valence-corrected chi connectivity index (χ4v) is 7.06. The van der Waals surface area contributed by atoms with E-state index in [2.05, 4.69) is 30.9 Å². The van der Waals surface area contributed by atoms with E-state index in [0.717, 1.165) is 18.1 Å². The number of nitrogens with two attached hydrogens (primary N) is 1. The molecule has 2 aromatic rings. The standard InChI is InChI=1S/C18H30N4O3Si/c1-6-26(7-2,8-3)25-16-12(4)18(23,24-13(16)5)15-10-9-14-17(19)20-11-21-22(14)15/h9-13,16,23H,6-8H2,1-5H3,(H2,19,20,21)/t12-,13+,16-,18?/m0/s1. The lowest BCUT2D eigenvalue weighted by molar-refractivity contribution is -0.219. The highest BCUT2D eigenvalue weighted by Gasteiger charge is 2.55.